The van der Waals surface area contributed by atoms with E-state index in [0.29, 0.717) is 0 Å². The first-order valence-corrected chi connectivity index (χ1v) is 9.03. The van der Waals surface area contributed by atoms with E-state index in [-0.39, 0.29) is 0 Å². The van der Waals surface area contributed by atoms with Gasteiger partial charge in [-0.2, -0.15) is 0 Å². The maximum atomic E-state index is 5.47. The highest BCUT2D eigenvalue weighted by Crippen LogP contribution is 2.28. The van der Waals surface area contributed by atoms with Crippen molar-refractivity contribution in [3.63, 3.8) is 0 Å². The number of alkyl halides is 1. The Hall–Kier alpha value is -0.740. The molecule has 0 aromatic heterocycles. The molecule has 0 saturated carbocycles. The van der Waals surface area contributed by atoms with Crippen molar-refractivity contribution < 1.29 is 4.74 Å². The second kappa shape index (κ2) is 8.64. The minimum absolute atomic E-state index is 0.816. The molecule has 1 saturated heterocycles. The number of halogens is 1. The quantitative estimate of drug-likeness (QED) is 0.695. The lowest BCUT2D eigenvalue weighted by Crippen LogP contribution is -2.46. The normalized spacial score (nSPS) is 17.8. The molecule has 21 heavy (non-hydrogen) atoms. The number of piperazine rings is 1. The van der Waals surface area contributed by atoms with Gasteiger partial charge in [0.15, 0.2) is 0 Å². The van der Waals surface area contributed by atoms with Gasteiger partial charge in [-0.3, -0.25) is 4.90 Å². The van der Waals surface area contributed by atoms with Gasteiger partial charge in [0.05, 0.1) is 12.8 Å². The third-order valence-electron chi connectivity index (χ3n) is 4.34. The van der Waals surface area contributed by atoms with Crippen LogP contribution >= 0.6 is 15.9 Å². The molecule has 118 valence electrons. The number of methoxy groups -OCH3 is 1. The van der Waals surface area contributed by atoms with Crippen LogP contribution in [0.3, 0.4) is 0 Å². The molecule has 0 N–H and O–H groups in total. The van der Waals surface area contributed by atoms with Gasteiger partial charge in [0.25, 0.3) is 0 Å². The second-order valence-electron chi connectivity index (χ2n) is 5.87. The third-order valence-corrected chi connectivity index (χ3v) is 4.80. The molecule has 3 nitrogen and oxygen atoms in total. The fraction of sp³-hybridized carbons (Fsp3) is 0.647. The Bertz CT molecular complexity index is 419. The van der Waals surface area contributed by atoms with Crippen LogP contribution < -0.4 is 9.64 Å². The number of anilines is 1. The monoisotopic (exact) mass is 354 g/mol. The van der Waals surface area contributed by atoms with Gasteiger partial charge in [0.2, 0.25) is 0 Å². The minimum atomic E-state index is 0.816. The van der Waals surface area contributed by atoms with Crippen molar-refractivity contribution in [2.75, 3.05) is 50.1 Å². The Morgan fingerprint density at radius 1 is 1.14 bits per heavy atom. The van der Waals surface area contributed by atoms with Crippen molar-refractivity contribution in [3.8, 4) is 5.75 Å². The maximum absolute atomic E-state index is 5.47. The Balaban J connectivity index is 1.80. The molecule has 1 unspecified atom stereocenters. The predicted octanol–water partition coefficient (Wildman–Crippen LogP) is 3.63. The summed E-state index contributed by atoms with van der Waals surface area (Å²) in [5.41, 5.74) is 1.23. The smallest absolute Gasteiger partial charge is 0.142 e. The molecule has 2 rings (SSSR count). The third kappa shape index (κ3) is 4.89. The molecule has 0 bridgehead atoms. The van der Waals surface area contributed by atoms with Gasteiger partial charge in [-0.1, -0.05) is 35.0 Å². The summed E-state index contributed by atoms with van der Waals surface area (Å²) in [5.74, 6) is 1.80. The summed E-state index contributed by atoms with van der Waals surface area (Å²) in [6.45, 7) is 8.07. The van der Waals surface area contributed by atoms with Gasteiger partial charge in [-0.05, 0) is 37.4 Å². The molecule has 0 amide bonds. The first-order chi connectivity index (χ1) is 10.2. The molecule has 0 radical (unpaired) electrons. The summed E-state index contributed by atoms with van der Waals surface area (Å²) >= 11 is 3.53. The molecule has 0 aliphatic carbocycles. The first-order valence-electron chi connectivity index (χ1n) is 7.91. The van der Waals surface area contributed by atoms with Gasteiger partial charge < -0.3 is 9.64 Å². The van der Waals surface area contributed by atoms with E-state index in [4.69, 9.17) is 4.74 Å². The molecule has 0 spiro atoms. The van der Waals surface area contributed by atoms with Crippen LogP contribution in [0.15, 0.2) is 24.3 Å². The number of hydrogen-bond donors (Lipinski definition) is 0. The Morgan fingerprint density at radius 2 is 1.86 bits per heavy atom. The van der Waals surface area contributed by atoms with Gasteiger partial charge in [0, 0.05) is 31.5 Å². The van der Waals surface area contributed by atoms with E-state index >= 15 is 0 Å². The summed E-state index contributed by atoms with van der Waals surface area (Å²) in [6.07, 6.45) is 2.58. The van der Waals surface area contributed by atoms with Gasteiger partial charge in [0.1, 0.15) is 5.75 Å². The molecule has 1 atom stereocenters. The number of rotatable bonds is 7. The molecular formula is C17H27BrN2O. The number of para-hydroxylation sites is 2. The highest BCUT2D eigenvalue weighted by Gasteiger charge is 2.19. The van der Waals surface area contributed by atoms with Crippen molar-refractivity contribution in [1.82, 2.24) is 4.90 Å². The van der Waals surface area contributed by atoms with E-state index in [1.54, 1.807) is 7.11 Å². The van der Waals surface area contributed by atoms with E-state index in [0.717, 1.165) is 43.2 Å². The van der Waals surface area contributed by atoms with Crippen LogP contribution in [0.25, 0.3) is 0 Å². The van der Waals surface area contributed by atoms with Crippen LogP contribution in [0, 0.1) is 5.92 Å². The average Bonchev–Trinajstić information content (AvgIpc) is 2.54. The van der Waals surface area contributed by atoms with E-state index < -0.39 is 0 Å². The van der Waals surface area contributed by atoms with E-state index in [1.165, 1.54) is 25.1 Å². The van der Waals surface area contributed by atoms with Crippen LogP contribution in [0.2, 0.25) is 0 Å². The van der Waals surface area contributed by atoms with Crippen molar-refractivity contribution >= 4 is 21.6 Å². The molecule has 1 aromatic rings. The highest BCUT2D eigenvalue weighted by molar-refractivity contribution is 9.09. The topological polar surface area (TPSA) is 15.7 Å². The SMILES string of the molecule is COc1ccccc1N1CCN(CCC(C)CCBr)CC1. The Morgan fingerprint density at radius 3 is 2.52 bits per heavy atom. The largest absolute Gasteiger partial charge is 0.495 e. The predicted molar refractivity (Wildman–Crippen MR) is 93.8 cm³/mol. The van der Waals surface area contributed by atoms with Gasteiger partial charge in [-0.25, -0.2) is 0 Å². The molecule has 1 aromatic carbocycles. The Kier molecular flexibility index (Phi) is 6.84. The van der Waals surface area contributed by atoms with E-state index in [9.17, 15) is 0 Å². The number of ether oxygens (including phenoxy) is 1. The van der Waals surface area contributed by atoms with Crippen molar-refractivity contribution in [1.29, 1.82) is 0 Å². The molecule has 4 heteroatoms. The highest BCUT2D eigenvalue weighted by atomic mass is 79.9. The van der Waals surface area contributed by atoms with Gasteiger partial charge >= 0.3 is 0 Å². The Labute approximate surface area is 137 Å². The average molecular weight is 355 g/mol. The molecule has 1 fully saturated rings. The lowest BCUT2D eigenvalue weighted by molar-refractivity contribution is 0.239. The fourth-order valence-corrected chi connectivity index (χ4v) is 3.62. The van der Waals surface area contributed by atoms with E-state index in [1.807, 2.05) is 12.1 Å². The molecule has 1 aliphatic rings. The summed E-state index contributed by atoms with van der Waals surface area (Å²) in [7, 11) is 1.75. The minimum Gasteiger partial charge on any atom is -0.495 e. The maximum Gasteiger partial charge on any atom is 0.142 e. The number of hydrogen-bond acceptors (Lipinski definition) is 3. The zero-order valence-electron chi connectivity index (χ0n) is 13.2. The number of nitrogens with zero attached hydrogens (tertiary/aromatic N) is 2. The number of benzene rings is 1. The van der Waals surface area contributed by atoms with Crippen LogP contribution in [-0.4, -0.2) is 50.1 Å². The summed E-state index contributed by atoms with van der Waals surface area (Å²) in [5, 5.41) is 1.12. The van der Waals surface area contributed by atoms with Crippen LogP contribution in [-0.2, 0) is 0 Å². The summed E-state index contributed by atoms with van der Waals surface area (Å²) in [6, 6.07) is 8.33. The lowest BCUT2D eigenvalue weighted by atomic mass is 10.0. The van der Waals surface area contributed by atoms with E-state index in [2.05, 4.69) is 44.8 Å². The summed E-state index contributed by atoms with van der Waals surface area (Å²) in [4.78, 5) is 5.04. The van der Waals surface area contributed by atoms with Crippen LogP contribution in [0.5, 0.6) is 5.75 Å². The zero-order chi connectivity index (χ0) is 15.1. The first kappa shape index (κ1) is 16.6. The second-order valence-corrected chi connectivity index (χ2v) is 6.67. The van der Waals surface area contributed by atoms with Crippen LogP contribution in [0.1, 0.15) is 19.8 Å². The fourth-order valence-electron chi connectivity index (χ4n) is 2.84. The molecule has 1 heterocycles. The standard InChI is InChI=1S/C17H27BrN2O/c1-15(7-9-18)8-10-19-11-13-20(14-12-19)16-5-3-4-6-17(16)21-2/h3-6,15H,7-14H2,1-2H3. The van der Waals surface area contributed by atoms with Gasteiger partial charge in [-0.15, -0.1) is 0 Å². The molecule has 1 aliphatic heterocycles. The molecular weight excluding hydrogens is 328 g/mol. The van der Waals surface area contributed by atoms with Crippen molar-refractivity contribution in [2.45, 2.75) is 19.8 Å². The van der Waals surface area contributed by atoms with Crippen molar-refractivity contribution in [2.24, 2.45) is 5.92 Å². The van der Waals surface area contributed by atoms with Crippen molar-refractivity contribution in [3.05, 3.63) is 24.3 Å². The van der Waals surface area contributed by atoms with Crippen LogP contribution in [0.4, 0.5) is 5.69 Å². The zero-order valence-corrected chi connectivity index (χ0v) is 14.8. The lowest BCUT2D eigenvalue weighted by Gasteiger charge is -2.37. The summed E-state index contributed by atoms with van der Waals surface area (Å²) < 4.78 is 5.47.